The van der Waals surface area contributed by atoms with Gasteiger partial charge in [-0.15, -0.1) is 0 Å². The fourth-order valence-electron chi connectivity index (χ4n) is 4.40. The van der Waals surface area contributed by atoms with E-state index in [4.69, 9.17) is 16.3 Å². The van der Waals surface area contributed by atoms with Crippen LogP contribution in [0.5, 0.6) is 0 Å². The van der Waals surface area contributed by atoms with Crippen LogP contribution in [-0.4, -0.2) is 62.4 Å². The Morgan fingerprint density at radius 3 is 2.88 bits per heavy atom. The van der Waals surface area contributed by atoms with Crippen LogP contribution in [0.3, 0.4) is 0 Å². The lowest BCUT2D eigenvalue weighted by Gasteiger charge is -2.34. The number of ether oxygens (including phenoxy) is 1. The Morgan fingerprint density at radius 1 is 1.50 bits per heavy atom. The third-order valence-electron chi connectivity index (χ3n) is 5.62. The van der Waals surface area contributed by atoms with E-state index in [9.17, 15) is 9.59 Å². The monoisotopic (exact) mass is 352 g/mol. The summed E-state index contributed by atoms with van der Waals surface area (Å²) >= 11 is 6.12. The van der Waals surface area contributed by atoms with Crippen LogP contribution < -0.4 is 0 Å². The predicted molar refractivity (Wildman–Crippen MR) is 86.4 cm³/mol. The number of hydrogen-bond acceptors (Lipinski definition) is 4. The fourth-order valence-corrected chi connectivity index (χ4v) is 4.65. The van der Waals surface area contributed by atoms with Crippen molar-refractivity contribution in [3.8, 4) is 0 Å². The van der Waals surface area contributed by atoms with Gasteiger partial charge in [-0.05, 0) is 5.92 Å². The molecule has 2 amide bonds. The van der Waals surface area contributed by atoms with E-state index in [0.29, 0.717) is 42.6 Å². The highest BCUT2D eigenvalue weighted by atomic mass is 35.5. The van der Waals surface area contributed by atoms with E-state index in [0.717, 1.165) is 0 Å². The first-order chi connectivity index (χ1) is 11.4. The van der Waals surface area contributed by atoms with Gasteiger partial charge in [0.1, 0.15) is 5.69 Å². The highest BCUT2D eigenvalue weighted by Gasteiger charge is 2.65. The minimum atomic E-state index is -0.660. The first kappa shape index (κ1) is 15.9. The molecular formula is C16H21ClN4O3. The molecule has 3 aliphatic rings. The quantitative estimate of drug-likeness (QED) is 0.804. The average molecular weight is 353 g/mol. The molecule has 4 rings (SSSR count). The van der Waals surface area contributed by atoms with E-state index < -0.39 is 5.72 Å². The molecule has 1 aromatic rings. The topological polar surface area (TPSA) is 67.7 Å². The Labute approximate surface area is 145 Å². The summed E-state index contributed by atoms with van der Waals surface area (Å²) in [6.45, 7) is 5.29. The first-order valence-corrected chi connectivity index (χ1v) is 8.69. The molecule has 1 spiro atoms. The molecule has 0 saturated carbocycles. The van der Waals surface area contributed by atoms with Crippen molar-refractivity contribution in [1.82, 2.24) is 19.6 Å². The average Bonchev–Trinajstić information content (AvgIpc) is 3.21. The molecule has 3 aliphatic heterocycles. The highest BCUT2D eigenvalue weighted by Crippen LogP contribution is 2.49. The second kappa shape index (κ2) is 5.20. The summed E-state index contributed by atoms with van der Waals surface area (Å²) < 4.78 is 7.63. The Morgan fingerprint density at radius 2 is 2.25 bits per heavy atom. The van der Waals surface area contributed by atoms with Crippen molar-refractivity contribution in [2.24, 2.45) is 13.0 Å². The molecule has 4 heterocycles. The van der Waals surface area contributed by atoms with Crippen LogP contribution in [0.2, 0.25) is 5.02 Å². The summed E-state index contributed by atoms with van der Waals surface area (Å²) in [5.41, 5.74) is -0.301. The Kier molecular flexibility index (Phi) is 3.44. The summed E-state index contributed by atoms with van der Waals surface area (Å²) in [7, 11) is 1.69. The van der Waals surface area contributed by atoms with Crippen LogP contribution in [0.25, 0.3) is 0 Å². The molecule has 8 heteroatoms. The SMILES string of the molecule is CC(C)[C@@H]1CO[C@@]23CCN(C(=O)c4c(Cl)cnn4C)[C@@H]2CC(=O)N13. The van der Waals surface area contributed by atoms with Gasteiger partial charge in [-0.25, -0.2) is 0 Å². The largest absolute Gasteiger partial charge is 0.351 e. The van der Waals surface area contributed by atoms with Gasteiger partial charge < -0.3 is 14.5 Å². The third kappa shape index (κ3) is 1.91. The van der Waals surface area contributed by atoms with Gasteiger partial charge in [0.25, 0.3) is 5.91 Å². The molecule has 0 bridgehead atoms. The van der Waals surface area contributed by atoms with E-state index in [-0.39, 0.29) is 23.9 Å². The lowest BCUT2D eigenvalue weighted by molar-refractivity contribution is -0.139. The van der Waals surface area contributed by atoms with Gasteiger partial charge in [-0.2, -0.15) is 5.10 Å². The van der Waals surface area contributed by atoms with Gasteiger partial charge >= 0.3 is 0 Å². The molecular weight excluding hydrogens is 332 g/mol. The predicted octanol–water partition coefficient (Wildman–Crippen LogP) is 1.27. The van der Waals surface area contributed by atoms with E-state index in [1.54, 1.807) is 11.9 Å². The minimum absolute atomic E-state index is 0.0739. The lowest BCUT2D eigenvalue weighted by Crippen LogP contribution is -2.51. The lowest BCUT2D eigenvalue weighted by atomic mass is 10.0. The van der Waals surface area contributed by atoms with Gasteiger partial charge in [0.2, 0.25) is 5.91 Å². The minimum Gasteiger partial charge on any atom is -0.351 e. The number of nitrogens with zero attached hydrogens (tertiary/aromatic N) is 4. The van der Waals surface area contributed by atoms with Crippen molar-refractivity contribution in [2.45, 2.75) is 44.5 Å². The van der Waals surface area contributed by atoms with E-state index >= 15 is 0 Å². The number of carbonyl (C=O) groups excluding carboxylic acids is 2. The normalized spacial score (nSPS) is 32.0. The smallest absolute Gasteiger partial charge is 0.274 e. The molecule has 0 unspecified atom stereocenters. The maximum Gasteiger partial charge on any atom is 0.274 e. The molecule has 3 saturated heterocycles. The molecule has 0 aromatic carbocycles. The zero-order valence-electron chi connectivity index (χ0n) is 14.0. The molecule has 0 aliphatic carbocycles. The fraction of sp³-hybridized carbons (Fsp3) is 0.688. The molecule has 1 aromatic heterocycles. The highest BCUT2D eigenvalue weighted by molar-refractivity contribution is 6.33. The van der Waals surface area contributed by atoms with Crippen LogP contribution in [0.15, 0.2) is 6.20 Å². The van der Waals surface area contributed by atoms with Crippen molar-refractivity contribution in [2.75, 3.05) is 13.2 Å². The van der Waals surface area contributed by atoms with E-state index in [1.807, 2.05) is 4.90 Å². The third-order valence-corrected chi connectivity index (χ3v) is 5.89. The van der Waals surface area contributed by atoms with Crippen LogP contribution >= 0.6 is 11.6 Å². The van der Waals surface area contributed by atoms with Crippen LogP contribution in [0, 0.1) is 5.92 Å². The molecule has 7 nitrogen and oxygen atoms in total. The van der Waals surface area contributed by atoms with Gasteiger partial charge in [0, 0.05) is 20.0 Å². The number of carbonyl (C=O) groups is 2. The Balaban J connectivity index is 1.67. The summed E-state index contributed by atoms with van der Waals surface area (Å²) in [6.07, 6.45) is 2.42. The van der Waals surface area contributed by atoms with Crippen LogP contribution in [0.1, 0.15) is 37.2 Å². The molecule has 130 valence electrons. The molecule has 0 radical (unpaired) electrons. The van der Waals surface area contributed by atoms with Crippen LogP contribution in [0.4, 0.5) is 0 Å². The van der Waals surface area contributed by atoms with Crippen molar-refractivity contribution >= 4 is 23.4 Å². The summed E-state index contributed by atoms with van der Waals surface area (Å²) in [5, 5.41) is 4.37. The van der Waals surface area contributed by atoms with E-state index in [2.05, 4.69) is 18.9 Å². The molecule has 3 fully saturated rings. The number of halogens is 1. The zero-order valence-corrected chi connectivity index (χ0v) is 14.8. The Hall–Kier alpha value is -1.60. The zero-order chi connectivity index (χ0) is 17.2. The second-order valence-corrected chi connectivity index (χ2v) is 7.57. The first-order valence-electron chi connectivity index (χ1n) is 8.31. The van der Waals surface area contributed by atoms with Crippen LogP contribution in [-0.2, 0) is 16.6 Å². The van der Waals surface area contributed by atoms with Gasteiger partial charge in [-0.3, -0.25) is 14.3 Å². The number of hydrogen-bond donors (Lipinski definition) is 0. The number of amides is 2. The second-order valence-electron chi connectivity index (χ2n) is 7.16. The summed E-state index contributed by atoms with van der Waals surface area (Å²) in [5.74, 6) is 0.210. The molecule has 24 heavy (non-hydrogen) atoms. The van der Waals surface area contributed by atoms with E-state index in [1.165, 1.54) is 10.9 Å². The summed E-state index contributed by atoms with van der Waals surface area (Å²) in [6, 6.07) is -0.176. The van der Waals surface area contributed by atoms with Crippen molar-refractivity contribution in [3.63, 3.8) is 0 Å². The van der Waals surface area contributed by atoms with Crippen molar-refractivity contribution in [1.29, 1.82) is 0 Å². The number of rotatable bonds is 2. The number of aromatic nitrogens is 2. The van der Waals surface area contributed by atoms with Gasteiger partial charge in [0.15, 0.2) is 5.72 Å². The maximum atomic E-state index is 13.0. The molecule has 0 N–H and O–H groups in total. The Bertz CT molecular complexity index is 699. The van der Waals surface area contributed by atoms with Crippen molar-refractivity contribution < 1.29 is 14.3 Å². The standard InChI is InChI=1S/C16H21ClN4O3/c1-9(2)11-8-24-16-4-5-20(12(16)6-13(22)21(11)16)15(23)14-10(17)7-18-19(14)3/h7,9,11-12H,4-6,8H2,1-3H3/t11-,12+,16-/m0/s1. The number of likely N-dealkylation sites (tertiary alicyclic amines) is 1. The maximum absolute atomic E-state index is 13.0. The van der Waals surface area contributed by atoms with Crippen molar-refractivity contribution in [3.05, 3.63) is 16.9 Å². The van der Waals surface area contributed by atoms with Gasteiger partial charge in [-0.1, -0.05) is 25.4 Å². The number of aryl methyl sites for hydroxylation is 1. The molecule has 3 atom stereocenters. The van der Waals surface area contributed by atoms with Gasteiger partial charge in [0.05, 0.1) is 36.3 Å². The summed E-state index contributed by atoms with van der Waals surface area (Å²) in [4.78, 5) is 29.3.